The number of nitrogen functional groups attached to an aromatic ring is 1. The number of aromatic nitrogens is 2. The molecule has 0 spiro atoms. The minimum atomic E-state index is -4.05. The molecule has 0 amide bonds. The number of carbonyl (C=O) groups excluding carboxylic acids is 1. The van der Waals surface area contributed by atoms with Gasteiger partial charge < -0.3 is 15.4 Å². The number of ketones is 1. The van der Waals surface area contributed by atoms with Crippen LogP contribution in [-0.2, 0) is 9.84 Å². The van der Waals surface area contributed by atoms with Crippen molar-refractivity contribution in [1.29, 1.82) is 0 Å². The lowest BCUT2D eigenvalue weighted by atomic mass is 9.85. The molecular formula is C30H39FN4O4S. The van der Waals surface area contributed by atoms with Gasteiger partial charge in [-0.05, 0) is 60.6 Å². The Morgan fingerprint density at radius 1 is 1.18 bits per heavy atom. The van der Waals surface area contributed by atoms with Crippen LogP contribution in [-0.4, -0.2) is 49.1 Å². The van der Waals surface area contributed by atoms with Crippen LogP contribution < -0.4 is 15.4 Å². The Hall–Kier alpha value is -3.53. The number of nitrogens with two attached hydrogens (primary N) is 1. The third-order valence-corrected chi connectivity index (χ3v) is 8.34. The minimum absolute atomic E-state index is 0. The number of carbonyl (C=O) groups is 1. The summed E-state index contributed by atoms with van der Waals surface area (Å²) in [6.45, 7) is 11.5. The van der Waals surface area contributed by atoms with Gasteiger partial charge in [-0.3, -0.25) is 4.79 Å². The largest absolute Gasteiger partial charge is 0.493 e. The number of nitrogens with zero attached hydrogens (tertiary/aromatic N) is 3. The van der Waals surface area contributed by atoms with E-state index in [1.807, 2.05) is 13.8 Å². The van der Waals surface area contributed by atoms with Crippen molar-refractivity contribution in [2.24, 2.45) is 11.3 Å². The first-order valence-electron chi connectivity index (χ1n) is 13.4. The highest BCUT2D eigenvalue weighted by molar-refractivity contribution is 7.92. The lowest BCUT2D eigenvalue weighted by Crippen LogP contribution is -2.40. The Kier molecular flexibility index (Phi) is 8.49. The zero-order chi connectivity index (χ0) is 29.2. The maximum atomic E-state index is 14.6. The van der Waals surface area contributed by atoms with Crippen molar-refractivity contribution in [2.45, 2.75) is 58.5 Å². The van der Waals surface area contributed by atoms with Crippen LogP contribution in [0.4, 0.5) is 16.0 Å². The van der Waals surface area contributed by atoms with Crippen LogP contribution >= 0.6 is 0 Å². The summed E-state index contributed by atoms with van der Waals surface area (Å²) in [5, 5.41) is -0.255. The first-order valence-corrected chi connectivity index (χ1v) is 15.1. The third kappa shape index (κ3) is 6.78. The molecule has 10 heteroatoms. The van der Waals surface area contributed by atoms with Gasteiger partial charge in [0.1, 0.15) is 29.0 Å². The molecule has 1 fully saturated rings. The van der Waals surface area contributed by atoms with Gasteiger partial charge >= 0.3 is 0 Å². The lowest BCUT2D eigenvalue weighted by Gasteiger charge is -2.36. The molecule has 216 valence electrons. The van der Waals surface area contributed by atoms with Crippen LogP contribution in [0.5, 0.6) is 5.75 Å². The van der Waals surface area contributed by atoms with Gasteiger partial charge in [-0.15, -0.1) is 0 Å². The Balaban J connectivity index is 0.00000462. The van der Waals surface area contributed by atoms with E-state index >= 15 is 0 Å². The molecule has 1 atom stereocenters. The second kappa shape index (κ2) is 11.5. The van der Waals surface area contributed by atoms with Crippen molar-refractivity contribution in [2.75, 3.05) is 29.5 Å². The molecule has 40 heavy (non-hydrogen) atoms. The van der Waals surface area contributed by atoms with Gasteiger partial charge in [-0.1, -0.05) is 40.7 Å². The molecular weight excluding hydrogens is 531 g/mol. The van der Waals surface area contributed by atoms with E-state index in [9.17, 15) is 17.6 Å². The molecule has 3 aromatic rings. The second-order valence-corrected chi connectivity index (χ2v) is 13.7. The number of Topliss-reactive ketones (excluding diaryl/α,β-unsaturated/α-hetero) is 1. The Morgan fingerprint density at radius 3 is 2.60 bits per heavy atom. The minimum Gasteiger partial charge on any atom is -0.493 e. The van der Waals surface area contributed by atoms with Crippen LogP contribution in [0.3, 0.4) is 0 Å². The van der Waals surface area contributed by atoms with Gasteiger partial charge in [-0.2, -0.15) is 0 Å². The van der Waals surface area contributed by atoms with E-state index < -0.39 is 27.2 Å². The molecule has 4 rings (SSSR count). The van der Waals surface area contributed by atoms with Crippen LogP contribution in [0.2, 0.25) is 0 Å². The van der Waals surface area contributed by atoms with E-state index in [4.69, 9.17) is 15.5 Å². The number of rotatable bonds is 9. The van der Waals surface area contributed by atoms with E-state index in [0.29, 0.717) is 36.0 Å². The highest BCUT2D eigenvalue weighted by Gasteiger charge is 2.37. The summed E-state index contributed by atoms with van der Waals surface area (Å²) in [7, 11) is -4.05. The number of hydrogen-bond donors (Lipinski definition) is 1. The number of anilines is 2. The molecule has 1 saturated heterocycles. The molecule has 8 nitrogen and oxygen atoms in total. The quantitative estimate of drug-likeness (QED) is 0.320. The number of sulfone groups is 1. The van der Waals surface area contributed by atoms with Crippen LogP contribution in [0.25, 0.3) is 11.3 Å². The second-order valence-electron chi connectivity index (χ2n) is 11.7. The highest BCUT2D eigenvalue weighted by atomic mass is 32.2. The number of ether oxygens (including phenoxy) is 1. The third-order valence-electron chi connectivity index (χ3n) is 6.84. The fraction of sp³-hybridized carbons (Fsp3) is 0.433. The highest BCUT2D eigenvalue weighted by Crippen LogP contribution is 2.38. The number of pyridine rings is 2. The Bertz CT molecular complexity index is 1510. The molecule has 1 aliphatic rings. The maximum Gasteiger partial charge on any atom is 0.203 e. The van der Waals surface area contributed by atoms with Gasteiger partial charge in [0.15, 0.2) is 10.8 Å². The zero-order valence-electron chi connectivity index (χ0n) is 23.6. The van der Waals surface area contributed by atoms with Crippen molar-refractivity contribution in [3.8, 4) is 17.0 Å². The van der Waals surface area contributed by atoms with Crippen LogP contribution in [0, 0.1) is 17.2 Å². The van der Waals surface area contributed by atoms with Crippen molar-refractivity contribution in [3.63, 3.8) is 0 Å². The predicted octanol–water partition coefficient (Wildman–Crippen LogP) is 5.82. The predicted molar refractivity (Wildman–Crippen MR) is 157 cm³/mol. The summed E-state index contributed by atoms with van der Waals surface area (Å²) in [6.07, 6.45) is 1.81. The summed E-state index contributed by atoms with van der Waals surface area (Å²) >= 11 is 0. The van der Waals surface area contributed by atoms with E-state index in [-0.39, 0.29) is 35.2 Å². The average molecular weight is 571 g/mol. The topological polar surface area (TPSA) is 115 Å². The smallest absolute Gasteiger partial charge is 0.203 e. The average Bonchev–Trinajstić information content (AvgIpc) is 3.37. The van der Waals surface area contributed by atoms with Gasteiger partial charge in [0.2, 0.25) is 9.84 Å². The van der Waals surface area contributed by atoms with Crippen molar-refractivity contribution >= 4 is 27.3 Å². The molecule has 1 unspecified atom stereocenters. The fourth-order valence-corrected chi connectivity index (χ4v) is 6.13. The number of halogens is 1. The SMILES string of the molecule is CC(C)COc1cc(F)cc(-c2ccc(C(=O)CS(=O)(=O)c3cccc(N)n3)c(N3CCCC3C(C)(C)C)n2)c1.[HH]. The van der Waals surface area contributed by atoms with E-state index in [1.165, 1.54) is 30.3 Å². The fourth-order valence-electron chi connectivity index (χ4n) is 4.95. The van der Waals surface area contributed by atoms with Gasteiger partial charge in [0, 0.05) is 25.6 Å². The summed E-state index contributed by atoms with van der Waals surface area (Å²) in [5.74, 6) is -0.737. The summed E-state index contributed by atoms with van der Waals surface area (Å²) in [4.78, 5) is 24.4. The zero-order valence-corrected chi connectivity index (χ0v) is 24.5. The van der Waals surface area contributed by atoms with Crippen molar-refractivity contribution in [3.05, 3.63) is 59.9 Å². The van der Waals surface area contributed by atoms with Crippen LogP contribution in [0.15, 0.2) is 53.6 Å². The first kappa shape index (κ1) is 29.5. The molecule has 0 radical (unpaired) electrons. The molecule has 2 N–H and O–H groups in total. The van der Waals surface area contributed by atoms with Gasteiger partial charge in [0.05, 0.1) is 17.9 Å². The molecule has 0 bridgehead atoms. The number of benzene rings is 1. The molecule has 0 aliphatic carbocycles. The molecule has 0 saturated carbocycles. The lowest BCUT2D eigenvalue weighted by molar-refractivity contribution is 0.102. The molecule has 3 heterocycles. The van der Waals surface area contributed by atoms with E-state index in [0.717, 1.165) is 12.8 Å². The summed E-state index contributed by atoms with van der Waals surface area (Å²) in [5.41, 5.74) is 6.71. The van der Waals surface area contributed by atoms with Gasteiger partial charge in [-0.25, -0.2) is 22.8 Å². The number of hydrogen-bond acceptors (Lipinski definition) is 8. The Morgan fingerprint density at radius 2 is 1.93 bits per heavy atom. The summed E-state index contributed by atoms with van der Waals surface area (Å²) < 4.78 is 46.5. The van der Waals surface area contributed by atoms with Gasteiger partial charge in [0.25, 0.3) is 0 Å². The standard InChI is InChI=1S/C30H37FN4O4S.H2/c1-19(2)17-39-22-15-20(14-21(31)16-22)24-12-11-23(29(33-24)35-13-7-8-26(35)30(3,4)5)25(36)18-40(37,38)28-10-6-9-27(32)34-28;/h6,9-12,14-16,19,26H,7-8,13,17-18H2,1-5H3,(H2,32,34);1H. The molecule has 1 aliphatic heterocycles. The van der Waals surface area contributed by atoms with E-state index in [1.54, 1.807) is 18.2 Å². The first-order chi connectivity index (χ1) is 18.7. The van der Waals surface area contributed by atoms with Crippen molar-refractivity contribution in [1.82, 2.24) is 9.97 Å². The monoisotopic (exact) mass is 570 g/mol. The normalized spacial score (nSPS) is 16.0. The maximum absolute atomic E-state index is 14.6. The Labute approximate surface area is 237 Å². The molecule has 1 aromatic carbocycles. The van der Waals surface area contributed by atoms with E-state index in [2.05, 4.69) is 30.7 Å². The van der Waals surface area contributed by atoms with Crippen LogP contribution in [0.1, 0.15) is 59.2 Å². The molecule has 2 aromatic heterocycles. The summed E-state index contributed by atoms with van der Waals surface area (Å²) in [6, 6.07) is 12.0. The van der Waals surface area contributed by atoms with Crippen molar-refractivity contribution < 1.29 is 23.8 Å².